The maximum Gasteiger partial charge on any atom is 0.228 e. The van der Waals surface area contributed by atoms with Crippen LogP contribution in [-0.2, 0) is 0 Å². The summed E-state index contributed by atoms with van der Waals surface area (Å²) >= 11 is 1.35. The molecule has 0 fully saturated rings. The first-order valence-electron chi connectivity index (χ1n) is 7.98. The van der Waals surface area contributed by atoms with Crippen LogP contribution >= 0.6 is 12.0 Å². The van der Waals surface area contributed by atoms with Crippen molar-refractivity contribution < 1.29 is 4.18 Å². The van der Waals surface area contributed by atoms with Gasteiger partial charge in [-0.1, -0.05) is 39.0 Å². The van der Waals surface area contributed by atoms with Crippen molar-refractivity contribution in [1.29, 1.82) is 5.26 Å². The highest BCUT2D eigenvalue weighted by Crippen LogP contribution is 2.18. The van der Waals surface area contributed by atoms with Crippen LogP contribution in [0.4, 0.5) is 0 Å². The summed E-state index contributed by atoms with van der Waals surface area (Å²) in [4.78, 5) is 19.1. The molecular formula is C17H21N3O2S. The van der Waals surface area contributed by atoms with E-state index in [0.29, 0.717) is 11.4 Å². The van der Waals surface area contributed by atoms with E-state index in [4.69, 9.17) is 9.44 Å². The molecule has 2 aromatic rings. The number of nitriles is 1. The second-order valence-corrected chi connectivity index (χ2v) is 6.17. The standard InChI is InChI=1S/C17H21N3O2S/c1-2-3-4-5-6-7-10-23-22-15-9-8-14-16(20-15)17(21)13(11-18)12-19-14/h8-9,12H,2-7,10H2,1H3,(H,19,21). The minimum atomic E-state index is -0.368. The fourth-order valence-corrected chi connectivity index (χ4v) is 2.87. The molecule has 0 unspecified atom stereocenters. The second-order valence-electron chi connectivity index (χ2n) is 5.36. The minimum Gasteiger partial charge on any atom is -0.406 e. The van der Waals surface area contributed by atoms with E-state index in [-0.39, 0.29) is 16.5 Å². The van der Waals surface area contributed by atoms with Crippen LogP contribution in [-0.4, -0.2) is 15.7 Å². The minimum absolute atomic E-state index is 0.0573. The zero-order valence-corrected chi connectivity index (χ0v) is 14.1. The van der Waals surface area contributed by atoms with Crippen LogP contribution in [0.3, 0.4) is 0 Å². The molecule has 0 aliphatic rings. The van der Waals surface area contributed by atoms with Crippen molar-refractivity contribution in [1.82, 2.24) is 9.97 Å². The summed E-state index contributed by atoms with van der Waals surface area (Å²) < 4.78 is 5.54. The Morgan fingerprint density at radius 1 is 1.26 bits per heavy atom. The van der Waals surface area contributed by atoms with Crippen molar-refractivity contribution in [2.75, 3.05) is 5.75 Å². The molecule has 0 spiro atoms. The van der Waals surface area contributed by atoms with Crippen molar-refractivity contribution in [2.45, 2.75) is 45.4 Å². The van der Waals surface area contributed by atoms with Gasteiger partial charge in [0.1, 0.15) is 17.1 Å². The Bertz CT molecular complexity index is 737. The molecule has 2 rings (SSSR count). The summed E-state index contributed by atoms with van der Waals surface area (Å²) in [5, 5.41) is 8.89. The number of unbranched alkanes of at least 4 members (excludes halogenated alkanes) is 5. The first-order chi connectivity index (χ1) is 11.3. The highest BCUT2D eigenvalue weighted by Gasteiger charge is 2.07. The Morgan fingerprint density at radius 2 is 2.04 bits per heavy atom. The topological polar surface area (TPSA) is 78.8 Å². The lowest BCUT2D eigenvalue weighted by molar-refractivity contribution is 0.604. The molecule has 0 saturated heterocycles. The molecule has 2 heterocycles. The Kier molecular flexibility index (Phi) is 6.95. The molecule has 0 bridgehead atoms. The van der Waals surface area contributed by atoms with Crippen molar-refractivity contribution in [3.63, 3.8) is 0 Å². The van der Waals surface area contributed by atoms with Gasteiger partial charge in [0, 0.05) is 18.0 Å². The number of nitrogens with one attached hydrogen (secondary N) is 1. The maximum atomic E-state index is 12.0. The summed E-state index contributed by atoms with van der Waals surface area (Å²) in [5.74, 6) is 1.30. The van der Waals surface area contributed by atoms with Crippen molar-refractivity contribution in [3.05, 3.63) is 34.1 Å². The molecule has 0 saturated carbocycles. The third-order valence-corrected chi connectivity index (χ3v) is 4.29. The number of hydrogen-bond donors (Lipinski definition) is 1. The van der Waals surface area contributed by atoms with Gasteiger partial charge in [0.2, 0.25) is 11.3 Å². The molecule has 122 valence electrons. The Hall–Kier alpha value is -2.00. The van der Waals surface area contributed by atoms with Crippen LogP contribution in [0.5, 0.6) is 5.88 Å². The zero-order valence-electron chi connectivity index (χ0n) is 13.3. The molecular weight excluding hydrogens is 310 g/mol. The van der Waals surface area contributed by atoms with Gasteiger partial charge in [0.05, 0.1) is 17.6 Å². The van der Waals surface area contributed by atoms with E-state index in [1.165, 1.54) is 50.3 Å². The van der Waals surface area contributed by atoms with Crippen LogP contribution < -0.4 is 9.61 Å². The molecule has 2 aromatic heterocycles. The van der Waals surface area contributed by atoms with Gasteiger partial charge in [-0.15, -0.1) is 0 Å². The highest BCUT2D eigenvalue weighted by atomic mass is 32.2. The maximum absolute atomic E-state index is 12.0. The third-order valence-electron chi connectivity index (χ3n) is 3.55. The normalized spacial score (nSPS) is 10.6. The summed E-state index contributed by atoms with van der Waals surface area (Å²) in [6.45, 7) is 2.21. The smallest absolute Gasteiger partial charge is 0.228 e. The Balaban J connectivity index is 1.86. The zero-order chi connectivity index (χ0) is 16.5. The van der Waals surface area contributed by atoms with Gasteiger partial charge < -0.3 is 9.17 Å². The predicted octanol–water partition coefficient (Wildman–Crippen LogP) is 4.18. The van der Waals surface area contributed by atoms with Crippen LogP contribution in [0, 0.1) is 11.3 Å². The first-order valence-corrected chi connectivity index (χ1v) is 8.89. The fourth-order valence-electron chi connectivity index (χ4n) is 2.25. The number of hydrogen-bond acceptors (Lipinski definition) is 5. The average Bonchev–Trinajstić information content (AvgIpc) is 2.58. The van der Waals surface area contributed by atoms with Gasteiger partial charge in [0.25, 0.3) is 0 Å². The quantitative estimate of drug-likeness (QED) is 0.551. The number of H-pyrrole nitrogens is 1. The average molecular weight is 331 g/mol. The van der Waals surface area contributed by atoms with E-state index in [1.54, 1.807) is 12.1 Å². The van der Waals surface area contributed by atoms with Gasteiger partial charge in [-0.2, -0.15) is 5.26 Å². The van der Waals surface area contributed by atoms with E-state index in [2.05, 4.69) is 16.9 Å². The summed E-state index contributed by atoms with van der Waals surface area (Å²) in [6, 6.07) is 5.32. The second kappa shape index (κ2) is 9.21. The molecule has 6 heteroatoms. The third kappa shape index (κ3) is 5.00. The number of aromatic nitrogens is 2. The number of rotatable bonds is 9. The van der Waals surface area contributed by atoms with Crippen LogP contribution in [0.1, 0.15) is 51.0 Å². The van der Waals surface area contributed by atoms with E-state index in [1.807, 2.05) is 6.07 Å². The van der Waals surface area contributed by atoms with Gasteiger partial charge in [0.15, 0.2) is 0 Å². The number of fused-ring (bicyclic) bond motifs is 1. The monoisotopic (exact) mass is 331 g/mol. The van der Waals surface area contributed by atoms with Crippen LogP contribution in [0.2, 0.25) is 0 Å². The van der Waals surface area contributed by atoms with E-state index in [0.717, 1.165) is 12.2 Å². The molecule has 0 atom stereocenters. The number of pyridine rings is 2. The SMILES string of the molecule is CCCCCCCCSOc1ccc2[nH]cc(C#N)c(=O)c2n1. The lowest BCUT2D eigenvalue weighted by atomic mass is 10.1. The van der Waals surface area contributed by atoms with E-state index in [9.17, 15) is 4.79 Å². The van der Waals surface area contributed by atoms with Gasteiger partial charge in [-0.25, -0.2) is 4.98 Å². The number of nitrogens with zero attached hydrogens (tertiary/aromatic N) is 2. The lowest BCUT2D eigenvalue weighted by Crippen LogP contribution is -2.09. The van der Waals surface area contributed by atoms with Gasteiger partial charge >= 0.3 is 0 Å². The molecule has 23 heavy (non-hydrogen) atoms. The molecule has 0 aliphatic carbocycles. The lowest BCUT2D eigenvalue weighted by Gasteiger charge is -2.04. The summed E-state index contributed by atoms with van der Waals surface area (Å²) in [7, 11) is 0. The summed E-state index contributed by atoms with van der Waals surface area (Å²) in [6.07, 6.45) is 8.88. The van der Waals surface area contributed by atoms with Gasteiger partial charge in [-0.3, -0.25) is 4.79 Å². The molecule has 5 nitrogen and oxygen atoms in total. The van der Waals surface area contributed by atoms with Crippen molar-refractivity contribution in [3.8, 4) is 11.9 Å². The molecule has 0 aliphatic heterocycles. The van der Waals surface area contributed by atoms with Crippen molar-refractivity contribution >= 4 is 23.1 Å². The van der Waals surface area contributed by atoms with E-state index >= 15 is 0 Å². The predicted molar refractivity (Wildman–Crippen MR) is 93.5 cm³/mol. The van der Waals surface area contributed by atoms with Gasteiger partial charge in [-0.05, 0) is 12.5 Å². The fraction of sp³-hybridized carbons (Fsp3) is 0.471. The van der Waals surface area contributed by atoms with Crippen LogP contribution in [0.25, 0.3) is 11.0 Å². The van der Waals surface area contributed by atoms with Crippen LogP contribution in [0.15, 0.2) is 23.1 Å². The Labute approximate surface area is 140 Å². The highest BCUT2D eigenvalue weighted by molar-refractivity contribution is 7.95. The van der Waals surface area contributed by atoms with Crippen molar-refractivity contribution in [2.24, 2.45) is 0 Å². The largest absolute Gasteiger partial charge is 0.406 e. The summed E-state index contributed by atoms with van der Waals surface area (Å²) in [5.41, 5.74) is 0.526. The number of aromatic amines is 1. The first kappa shape index (κ1) is 17.4. The molecule has 0 radical (unpaired) electrons. The van der Waals surface area contributed by atoms with E-state index < -0.39 is 0 Å². The molecule has 1 N–H and O–H groups in total. The molecule has 0 amide bonds. The Morgan fingerprint density at radius 3 is 2.83 bits per heavy atom. The molecule has 0 aromatic carbocycles.